The molecule has 0 saturated carbocycles. The van der Waals surface area contributed by atoms with Crippen LogP contribution in [0.1, 0.15) is 48.8 Å². The number of rotatable bonds is 3. The number of benzene rings is 3. The van der Waals surface area contributed by atoms with E-state index < -0.39 is 0 Å². The zero-order chi connectivity index (χ0) is 18.3. The predicted molar refractivity (Wildman–Crippen MR) is 104 cm³/mol. The van der Waals surface area contributed by atoms with Crippen molar-refractivity contribution in [1.82, 2.24) is 0 Å². The lowest BCUT2D eigenvalue weighted by atomic mass is 9.69. The van der Waals surface area contributed by atoms with Gasteiger partial charge in [-0.3, -0.25) is 0 Å². The van der Waals surface area contributed by atoms with Crippen LogP contribution < -0.4 is 0 Å². The zero-order valence-corrected chi connectivity index (χ0v) is 15.5. The normalized spacial score (nSPS) is 19.5. The molecule has 3 heteroatoms. The fraction of sp³-hybridized carbons (Fsp3) is 0.304. The first-order chi connectivity index (χ1) is 12.6. The van der Waals surface area contributed by atoms with Crippen LogP contribution in [0, 0.1) is 17.6 Å². The Balaban J connectivity index is 1.91. The maximum Gasteiger partial charge on any atom is 0.142 e. The number of hydrogen-bond acceptors (Lipinski definition) is 0. The molecule has 0 aromatic heterocycles. The van der Waals surface area contributed by atoms with E-state index in [0.29, 0.717) is 5.92 Å². The summed E-state index contributed by atoms with van der Waals surface area (Å²) < 4.78 is 28.0. The van der Waals surface area contributed by atoms with Crippen molar-refractivity contribution in [1.29, 1.82) is 0 Å². The molecule has 134 valence electrons. The van der Waals surface area contributed by atoms with E-state index in [1.807, 2.05) is 12.1 Å². The van der Waals surface area contributed by atoms with Crippen molar-refractivity contribution in [3.05, 3.63) is 81.9 Å². The second-order valence-corrected chi connectivity index (χ2v) is 7.64. The molecule has 0 heterocycles. The van der Waals surface area contributed by atoms with Crippen LogP contribution in [0.2, 0.25) is 5.02 Å². The third-order valence-electron chi connectivity index (χ3n) is 5.67. The van der Waals surface area contributed by atoms with Gasteiger partial charge in [0.1, 0.15) is 11.6 Å². The third-order valence-corrected chi connectivity index (χ3v) is 5.97. The largest absolute Gasteiger partial charge is 0.207 e. The molecule has 0 bridgehead atoms. The quantitative estimate of drug-likeness (QED) is 0.455. The van der Waals surface area contributed by atoms with E-state index in [4.69, 9.17) is 11.6 Å². The van der Waals surface area contributed by atoms with E-state index in [1.165, 1.54) is 17.2 Å². The summed E-state index contributed by atoms with van der Waals surface area (Å²) in [5.74, 6) is -0.00809. The molecule has 0 spiro atoms. The van der Waals surface area contributed by atoms with Crippen molar-refractivity contribution >= 4 is 22.4 Å². The summed E-state index contributed by atoms with van der Waals surface area (Å²) in [5.41, 5.74) is 3.37. The Bertz CT molecular complexity index is 964. The summed E-state index contributed by atoms with van der Waals surface area (Å²) in [6.07, 6.45) is 4.16. The first-order valence-electron chi connectivity index (χ1n) is 9.24. The van der Waals surface area contributed by atoms with Gasteiger partial charge < -0.3 is 0 Å². The van der Waals surface area contributed by atoms with Gasteiger partial charge in [0, 0.05) is 5.92 Å². The predicted octanol–water partition coefficient (Wildman–Crippen LogP) is 7.27. The van der Waals surface area contributed by atoms with Gasteiger partial charge in [-0.2, -0.15) is 0 Å². The topological polar surface area (TPSA) is 0 Å². The molecule has 4 rings (SSSR count). The minimum Gasteiger partial charge on any atom is -0.207 e. The van der Waals surface area contributed by atoms with Crippen LogP contribution in [0.15, 0.2) is 48.5 Å². The summed E-state index contributed by atoms with van der Waals surface area (Å²) in [6.45, 7) is 2.19. The van der Waals surface area contributed by atoms with Crippen LogP contribution in [-0.2, 0) is 6.42 Å². The summed E-state index contributed by atoms with van der Waals surface area (Å²) in [5, 5.41) is 2.19. The highest BCUT2D eigenvalue weighted by atomic mass is 35.5. The van der Waals surface area contributed by atoms with Gasteiger partial charge in [0.15, 0.2) is 0 Å². The molecule has 0 aliphatic heterocycles. The van der Waals surface area contributed by atoms with E-state index in [0.717, 1.165) is 42.0 Å². The minimum atomic E-state index is -0.377. The summed E-state index contributed by atoms with van der Waals surface area (Å²) in [6, 6.07) is 14.3. The van der Waals surface area contributed by atoms with Crippen LogP contribution in [0.3, 0.4) is 0 Å². The lowest BCUT2D eigenvalue weighted by Crippen LogP contribution is -2.22. The van der Waals surface area contributed by atoms with Crippen molar-refractivity contribution in [3.63, 3.8) is 0 Å². The summed E-state index contributed by atoms with van der Waals surface area (Å²) in [4.78, 5) is 0. The summed E-state index contributed by atoms with van der Waals surface area (Å²) in [7, 11) is 0. The van der Waals surface area contributed by atoms with Crippen molar-refractivity contribution in [2.24, 2.45) is 5.92 Å². The lowest BCUT2D eigenvalue weighted by molar-refractivity contribution is 0.379. The molecule has 0 unspecified atom stereocenters. The molecule has 1 aliphatic rings. The Labute approximate surface area is 157 Å². The van der Waals surface area contributed by atoms with E-state index in [-0.39, 0.29) is 22.6 Å². The first kappa shape index (κ1) is 17.5. The van der Waals surface area contributed by atoms with Gasteiger partial charge in [0.05, 0.1) is 5.02 Å². The van der Waals surface area contributed by atoms with Crippen molar-refractivity contribution < 1.29 is 8.78 Å². The molecule has 0 N–H and O–H groups in total. The molecule has 2 atom stereocenters. The molecular weight excluding hydrogens is 350 g/mol. The van der Waals surface area contributed by atoms with Crippen LogP contribution in [0.4, 0.5) is 8.78 Å². The molecule has 1 aliphatic carbocycles. The summed E-state index contributed by atoms with van der Waals surface area (Å²) >= 11 is 5.90. The fourth-order valence-electron chi connectivity index (χ4n) is 4.53. The van der Waals surface area contributed by atoms with Crippen LogP contribution in [-0.4, -0.2) is 0 Å². The van der Waals surface area contributed by atoms with E-state index in [9.17, 15) is 8.78 Å². The first-order valence-corrected chi connectivity index (χ1v) is 9.62. The van der Waals surface area contributed by atoms with E-state index >= 15 is 0 Å². The standard InChI is InChI=1S/C23H21ClF2/c1-2-3-15-6-9-18-19(10-5-14-4-8-17(25)13-20(14)18)23(15)16-7-11-21(24)22(26)12-16/h4-5,7-8,10-13,15,23H,2-3,6,9H2,1H3/t15-,23-/m1/s1. The highest BCUT2D eigenvalue weighted by Crippen LogP contribution is 2.45. The molecule has 0 fully saturated rings. The maximum absolute atomic E-state index is 14.1. The second-order valence-electron chi connectivity index (χ2n) is 7.24. The Hall–Kier alpha value is -1.93. The molecule has 0 nitrogen and oxygen atoms in total. The average Bonchev–Trinajstić information content (AvgIpc) is 2.64. The van der Waals surface area contributed by atoms with Gasteiger partial charge in [0.2, 0.25) is 0 Å². The van der Waals surface area contributed by atoms with Gasteiger partial charge in [-0.15, -0.1) is 0 Å². The average molecular weight is 371 g/mol. The van der Waals surface area contributed by atoms with Crippen molar-refractivity contribution in [2.45, 2.75) is 38.5 Å². The number of fused-ring (bicyclic) bond motifs is 3. The highest BCUT2D eigenvalue weighted by Gasteiger charge is 2.31. The zero-order valence-electron chi connectivity index (χ0n) is 14.7. The van der Waals surface area contributed by atoms with Gasteiger partial charge >= 0.3 is 0 Å². The van der Waals surface area contributed by atoms with Crippen molar-refractivity contribution in [2.75, 3.05) is 0 Å². The molecule has 0 radical (unpaired) electrons. The molecule has 0 amide bonds. The number of aryl methyl sites for hydroxylation is 1. The van der Waals surface area contributed by atoms with Gasteiger partial charge in [0.25, 0.3) is 0 Å². The highest BCUT2D eigenvalue weighted by molar-refractivity contribution is 6.30. The van der Waals surface area contributed by atoms with Crippen LogP contribution in [0.25, 0.3) is 10.8 Å². The second kappa shape index (κ2) is 7.00. The monoisotopic (exact) mass is 370 g/mol. The fourth-order valence-corrected chi connectivity index (χ4v) is 4.65. The number of hydrogen-bond donors (Lipinski definition) is 0. The van der Waals surface area contributed by atoms with Crippen LogP contribution in [0.5, 0.6) is 0 Å². The Morgan fingerprint density at radius 2 is 1.85 bits per heavy atom. The van der Waals surface area contributed by atoms with E-state index in [1.54, 1.807) is 18.2 Å². The van der Waals surface area contributed by atoms with Gasteiger partial charge in [-0.1, -0.05) is 49.2 Å². The maximum atomic E-state index is 14.1. The molecular formula is C23H21ClF2. The van der Waals surface area contributed by atoms with Crippen molar-refractivity contribution in [3.8, 4) is 0 Å². The lowest BCUT2D eigenvalue weighted by Gasteiger charge is -2.35. The Morgan fingerprint density at radius 1 is 1.04 bits per heavy atom. The molecule has 3 aromatic carbocycles. The molecule has 3 aromatic rings. The SMILES string of the molecule is CCC[C@@H]1CCc2c(ccc3ccc(F)cc23)[C@H]1c1ccc(Cl)c(F)c1. The Morgan fingerprint density at radius 3 is 2.62 bits per heavy atom. The van der Waals surface area contributed by atoms with Gasteiger partial charge in [-0.25, -0.2) is 8.78 Å². The van der Waals surface area contributed by atoms with E-state index in [2.05, 4.69) is 19.1 Å². The number of halogens is 3. The smallest absolute Gasteiger partial charge is 0.142 e. The molecule has 26 heavy (non-hydrogen) atoms. The third kappa shape index (κ3) is 3.01. The minimum absolute atomic E-state index is 0.123. The molecule has 0 saturated heterocycles. The van der Waals surface area contributed by atoms with Gasteiger partial charge in [-0.05, 0) is 76.9 Å². The van der Waals surface area contributed by atoms with Crippen LogP contribution >= 0.6 is 11.6 Å². The Kier molecular flexibility index (Phi) is 4.71.